The molecule has 42 heavy (non-hydrogen) atoms. The van der Waals surface area contributed by atoms with E-state index in [1.807, 2.05) is 24.7 Å². The van der Waals surface area contributed by atoms with Gasteiger partial charge in [0.25, 0.3) is 0 Å². The zero-order valence-corrected chi connectivity index (χ0v) is 24.5. The molecule has 0 radical (unpaired) electrons. The van der Waals surface area contributed by atoms with Gasteiger partial charge in [-0.3, -0.25) is 4.98 Å². The zero-order chi connectivity index (χ0) is 28.3. The van der Waals surface area contributed by atoms with Crippen LogP contribution in [0.5, 0.6) is 5.88 Å². The second-order valence-electron chi connectivity index (χ2n) is 13.3. The number of nitrogens with zero attached hydrogens (tertiary/aromatic N) is 4. The molecule has 7 nitrogen and oxygen atoms in total. The van der Waals surface area contributed by atoms with E-state index in [4.69, 9.17) is 14.6 Å². The smallest absolute Gasteiger partial charge is 0.213 e. The van der Waals surface area contributed by atoms with Gasteiger partial charge in [0.05, 0.1) is 25.2 Å². The van der Waals surface area contributed by atoms with E-state index >= 15 is 0 Å². The summed E-state index contributed by atoms with van der Waals surface area (Å²) in [6.45, 7) is 3.96. The third kappa shape index (κ3) is 4.40. The molecule has 5 fully saturated rings. The number of aliphatic hydroxyl groups is 1. The Kier molecular flexibility index (Phi) is 6.30. The van der Waals surface area contributed by atoms with Crippen molar-refractivity contribution in [2.24, 2.45) is 17.9 Å². The van der Waals surface area contributed by atoms with Crippen LogP contribution in [0.1, 0.15) is 51.4 Å². The first-order valence-corrected chi connectivity index (χ1v) is 15.7. The highest BCUT2D eigenvalue weighted by Crippen LogP contribution is 2.77. The van der Waals surface area contributed by atoms with Crippen molar-refractivity contribution in [2.45, 2.75) is 57.5 Å². The summed E-state index contributed by atoms with van der Waals surface area (Å²) in [5.41, 5.74) is 8.83. The van der Waals surface area contributed by atoms with Crippen molar-refractivity contribution in [1.82, 2.24) is 19.4 Å². The molecule has 218 valence electrons. The Morgan fingerprint density at radius 2 is 1.79 bits per heavy atom. The molecule has 4 saturated carbocycles. The standard InChI is InChI=1S/C35H40N4O3/c1-38-30-11-12-36-17-29(30)28-9-7-25(15-31(28)38)26-8-10-32(37-16-26)42-27-18-39(19-27)33(24-5-6-24)35-20-34(21-35,22-35)23-41-14-4-2-3-13-40/h7-12,15-17,27,40H,2-6,13-14,18-23H2,1H3. The number of fused-ring (bicyclic) bond motifs is 3. The van der Waals surface area contributed by atoms with E-state index in [1.54, 1.807) is 11.3 Å². The van der Waals surface area contributed by atoms with Gasteiger partial charge in [-0.25, -0.2) is 4.98 Å². The molecule has 9 rings (SSSR count). The molecule has 1 aromatic carbocycles. The third-order valence-electron chi connectivity index (χ3n) is 10.2. The number of aryl methyl sites for hydroxylation is 1. The normalized spacial score (nSPS) is 24.4. The van der Waals surface area contributed by atoms with Crippen LogP contribution in [0.3, 0.4) is 0 Å². The Bertz CT molecular complexity index is 1640. The van der Waals surface area contributed by atoms with Crippen LogP contribution in [0.2, 0.25) is 0 Å². The van der Waals surface area contributed by atoms with Crippen molar-refractivity contribution in [1.29, 1.82) is 0 Å². The second-order valence-corrected chi connectivity index (χ2v) is 13.3. The van der Waals surface area contributed by atoms with Crippen LogP contribution in [0.25, 0.3) is 32.9 Å². The number of hydrogen-bond donors (Lipinski definition) is 1. The predicted octanol–water partition coefficient (Wildman–Crippen LogP) is 6.25. The van der Waals surface area contributed by atoms with Crippen LogP contribution >= 0.6 is 0 Å². The van der Waals surface area contributed by atoms with Gasteiger partial charge in [-0.2, -0.15) is 0 Å². The lowest BCUT2D eigenvalue weighted by atomic mass is 9.34. The summed E-state index contributed by atoms with van der Waals surface area (Å²) in [5.74, 6) is 0.710. The van der Waals surface area contributed by atoms with Gasteiger partial charge in [-0.05, 0) is 86.1 Å². The molecule has 0 atom stereocenters. The molecule has 4 heterocycles. The lowest BCUT2D eigenvalue weighted by Gasteiger charge is -2.73. The van der Waals surface area contributed by atoms with Gasteiger partial charge in [-0.15, -0.1) is 0 Å². The van der Waals surface area contributed by atoms with Crippen molar-refractivity contribution >= 4 is 21.8 Å². The van der Waals surface area contributed by atoms with E-state index in [0.717, 1.165) is 56.7 Å². The number of benzene rings is 1. The van der Waals surface area contributed by atoms with Gasteiger partial charge in [0.1, 0.15) is 6.10 Å². The molecule has 0 unspecified atom stereocenters. The minimum Gasteiger partial charge on any atom is -0.471 e. The third-order valence-corrected chi connectivity index (χ3v) is 10.2. The molecule has 0 spiro atoms. The first kappa shape index (κ1) is 26.2. The summed E-state index contributed by atoms with van der Waals surface area (Å²) in [5, 5.41) is 11.3. The quantitative estimate of drug-likeness (QED) is 0.205. The van der Waals surface area contributed by atoms with Crippen LogP contribution in [-0.2, 0) is 11.8 Å². The zero-order valence-electron chi connectivity index (χ0n) is 24.5. The second kappa shape index (κ2) is 10.1. The number of ether oxygens (including phenoxy) is 2. The minimum absolute atomic E-state index is 0.196. The van der Waals surface area contributed by atoms with Crippen LogP contribution < -0.4 is 4.74 Å². The van der Waals surface area contributed by atoms with Crippen molar-refractivity contribution in [3.63, 3.8) is 0 Å². The van der Waals surface area contributed by atoms with E-state index < -0.39 is 0 Å². The fourth-order valence-electron chi connectivity index (χ4n) is 8.14. The number of allylic oxidation sites excluding steroid dienone is 2. The predicted molar refractivity (Wildman–Crippen MR) is 164 cm³/mol. The Morgan fingerprint density at radius 1 is 0.952 bits per heavy atom. The Hall–Kier alpha value is -3.42. The Morgan fingerprint density at radius 3 is 2.55 bits per heavy atom. The van der Waals surface area contributed by atoms with Gasteiger partial charge in [0, 0.05) is 77.9 Å². The van der Waals surface area contributed by atoms with Crippen LogP contribution in [0.15, 0.2) is 66.3 Å². The topological polar surface area (TPSA) is 72.6 Å². The van der Waals surface area contributed by atoms with Crippen LogP contribution in [0.4, 0.5) is 0 Å². The number of hydrogen-bond acceptors (Lipinski definition) is 6. The van der Waals surface area contributed by atoms with Crippen molar-refractivity contribution in [2.75, 3.05) is 32.9 Å². The Balaban J connectivity index is 0.862. The fourth-order valence-corrected chi connectivity index (χ4v) is 8.14. The van der Waals surface area contributed by atoms with Crippen molar-refractivity contribution < 1.29 is 14.6 Å². The maximum Gasteiger partial charge on any atom is 0.213 e. The molecule has 5 aliphatic rings. The summed E-state index contributed by atoms with van der Waals surface area (Å²) in [7, 11) is 2.11. The number of unbranched alkanes of at least 4 members (excludes halogenated alkanes) is 2. The van der Waals surface area contributed by atoms with E-state index in [-0.39, 0.29) is 12.7 Å². The van der Waals surface area contributed by atoms with Gasteiger partial charge < -0.3 is 24.0 Å². The molecule has 4 aliphatic carbocycles. The molecule has 1 N–H and O–H groups in total. The van der Waals surface area contributed by atoms with E-state index in [1.165, 1.54) is 53.9 Å². The summed E-state index contributed by atoms with van der Waals surface area (Å²) in [6, 6.07) is 12.8. The fraction of sp³-hybridized carbons (Fsp3) is 0.486. The van der Waals surface area contributed by atoms with Gasteiger partial charge in [-0.1, -0.05) is 12.1 Å². The van der Waals surface area contributed by atoms with E-state index in [0.29, 0.717) is 16.7 Å². The highest BCUT2D eigenvalue weighted by atomic mass is 16.5. The molecule has 2 bridgehead atoms. The molecule has 7 heteroatoms. The molecule has 1 aliphatic heterocycles. The average molecular weight is 565 g/mol. The minimum atomic E-state index is 0.196. The summed E-state index contributed by atoms with van der Waals surface area (Å²) in [4.78, 5) is 11.6. The van der Waals surface area contributed by atoms with Crippen molar-refractivity contribution in [3.8, 4) is 17.0 Å². The number of likely N-dealkylation sites (tertiary alicyclic amines) is 1. The molecule has 3 aromatic heterocycles. The maximum atomic E-state index is 8.94. The monoisotopic (exact) mass is 564 g/mol. The number of aromatic nitrogens is 3. The van der Waals surface area contributed by atoms with Crippen molar-refractivity contribution in [3.05, 3.63) is 66.3 Å². The van der Waals surface area contributed by atoms with E-state index in [2.05, 4.69) is 56.8 Å². The Labute approximate surface area is 247 Å². The van der Waals surface area contributed by atoms with E-state index in [9.17, 15) is 0 Å². The largest absolute Gasteiger partial charge is 0.471 e. The molecule has 0 amide bonds. The van der Waals surface area contributed by atoms with Crippen LogP contribution in [0, 0.1) is 10.8 Å². The van der Waals surface area contributed by atoms with Gasteiger partial charge in [0.15, 0.2) is 0 Å². The summed E-state index contributed by atoms with van der Waals surface area (Å²) < 4.78 is 14.6. The molecular weight excluding hydrogens is 524 g/mol. The molecule has 4 aromatic rings. The highest BCUT2D eigenvalue weighted by molar-refractivity contribution is 6.08. The van der Waals surface area contributed by atoms with Gasteiger partial charge in [0.2, 0.25) is 5.88 Å². The lowest BCUT2D eigenvalue weighted by molar-refractivity contribution is -0.222. The lowest BCUT2D eigenvalue weighted by Crippen LogP contribution is -2.68. The highest BCUT2D eigenvalue weighted by Gasteiger charge is 2.70. The first-order valence-electron chi connectivity index (χ1n) is 15.7. The first-order chi connectivity index (χ1) is 20.6. The van der Waals surface area contributed by atoms with Gasteiger partial charge >= 0.3 is 0 Å². The number of rotatable bonds is 12. The number of pyridine rings is 2. The van der Waals surface area contributed by atoms with Crippen LogP contribution in [-0.4, -0.2) is 63.6 Å². The number of aliphatic hydroxyl groups excluding tert-OH is 1. The molecular formula is C35H40N4O3. The summed E-state index contributed by atoms with van der Waals surface area (Å²) in [6.07, 6.45) is 15.4. The average Bonchev–Trinajstić information content (AvgIpc) is 3.76. The molecule has 1 saturated heterocycles. The maximum absolute atomic E-state index is 8.94. The SMILES string of the molecule is Cn1c2ccncc2c2ccc(-c3ccc(OC4CN(C(=C5CC5)C56CC(COCCCCCO)(C5)C6)C4)nc3)cc21. The summed E-state index contributed by atoms with van der Waals surface area (Å²) >= 11 is 0.